The molecule has 0 aliphatic carbocycles. The van der Waals surface area contributed by atoms with Crippen molar-refractivity contribution in [3.63, 3.8) is 0 Å². The van der Waals surface area contributed by atoms with Crippen LogP contribution in [0, 0.1) is 18.3 Å². The van der Waals surface area contributed by atoms with Crippen LogP contribution in [0.1, 0.15) is 23.6 Å². The Morgan fingerprint density at radius 1 is 1.62 bits per heavy atom. The number of nitriles is 1. The van der Waals surface area contributed by atoms with Gasteiger partial charge < -0.3 is 5.11 Å². The molecule has 1 rings (SSSR count). The van der Waals surface area contributed by atoms with Crippen LogP contribution in [0.4, 0.5) is 0 Å². The van der Waals surface area contributed by atoms with E-state index in [1.54, 1.807) is 13.0 Å². The van der Waals surface area contributed by atoms with E-state index in [9.17, 15) is 4.79 Å². The van der Waals surface area contributed by atoms with Crippen LogP contribution in [0.25, 0.3) is 0 Å². The van der Waals surface area contributed by atoms with Crippen molar-refractivity contribution in [2.24, 2.45) is 0 Å². The molecule has 0 saturated heterocycles. The summed E-state index contributed by atoms with van der Waals surface area (Å²) in [5, 5.41) is 17.1. The Morgan fingerprint density at radius 2 is 2.31 bits per heavy atom. The minimum absolute atomic E-state index is 0.407. The molecule has 0 radical (unpaired) electrons. The van der Waals surface area contributed by atoms with Crippen molar-refractivity contribution in [1.82, 2.24) is 0 Å². The van der Waals surface area contributed by atoms with Crippen LogP contribution in [-0.2, 0) is 10.5 Å². The van der Waals surface area contributed by atoms with E-state index in [4.69, 9.17) is 10.4 Å². The fraction of sp³-hybridized carbons (Fsp3) is 0.333. The number of rotatable bonds is 4. The third-order valence-electron chi connectivity index (χ3n) is 2.31. The predicted molar refractivity (Wildman–Crippen MR) is 64.3 cm³/mol. The third kappa shape index (κ3) is 3.28. The second kappa shape index (κ2) is 5.57. The van der Waals surface area contributed by atoms with Gasteiger partial charge in [0.1, 0.15) is 0 Å². The molecule has 0 aromatic heterocycles. The molecule has 1 aromatic rings. The summed E-state index contributed by atoms with van der Waals surface area (Å²) in [5.74, 6) is -0.137. The Kier molecular flexibility index (Phi) is 4.39. The van der Waals surface area contributed by atoms with Gasteiger partial charge in [-0.15, -0.1) is 11.8 Å². The van der Waals surface area contributed by atoms with Gasteiger partial charge in [-0.25, -0.2) is 0 Å². The molecule has 0 aliphatic rings. The van der Waals surface area contributed by atoms with Crippen molar-refractivity contribution in [1.29, 1.82) is 5.26 Å². The zero-order valence-electron chi connectivity index (χ0n) is 9.23. The van der Waals surface area contributed by atoms with Crippen molar-refractivity contribution >= 4 is 17.7 Å². The van der Waals surface area contributed by atoms with Gasteiger partial charge in [-0.1, -0.05) is 6.07 Å². The molecule has 0 heterocycles. The number of aliphatic carboxylic acids is 1. The van der Waals surface area contributed by atoms with Gasteiger partial charge in [0.15, 0.2) is 0 Å². The molecule has 0 amide bonds. The molecule has 84 valence electrons. The summed E-state index contributed by atoms with van der Waals surface area (Å²) in [5.41, 5.74) is 2.75. The topological polar surface area (TPSA) is 61.1 Å². The highest BCUT2D eigenvalue weighted by molar-refractivity contribution is 7.99. The summed E-state index contributed by atoms with van der Waals surface area (Å²) in [7, 11) is 0. The third-order valence-corrected chi connectivity index (χ3v) is 3.49. The maximum absolute atomic E-state index is 10.6. The smallest absolute Gasteiger partial charge is 0.316 e. The molecule has 16 heavy (non-hydrogen) atoms. The normalized spacial score (nSPS) is 11.8. The lowest BCUT2D eigenvalue weighted by atomic mass is 10.1. The zero-order chi connectivity index (χ0) is 12.1. The van der Waals surface area contributed by atoms with Crippen molar-refractivity contribution in [2.45, 2.75) is 24.9 Å². The number of thioether (sulfide) groups is 1. The van der Waals surface area contributed by atoms with E-state index in [0.717, 1.165) is 11.1 Å². The van der Waals surface area contributed by atoms with Gasteiger partial charge in [0, 0.05) is 5.75 Å². The van der Waals surface area contributed by atoms with E-state index >= 15 is 0 Å². The van der Waals surface area contributed by atoms with Gasteiger partial charge in [-0.3, -0.25) is 4.79 Å². The summed E-state index contributed by atoms with van der Waals surface area (Å²) >= 11 is 1.38. The first-order valence-electron chi connectivity index (χ1n) is 4.88. The van der Waals surface area contributed by atoms with E-state index in [1.165, 1.54) is 11.8 Å². The van der Waals surface area contributed by atoms with Crippen LogP contribution in [0.3, 0.4) is 0 Å². The van der Waals surface area contributed by atoms with Crippen LogP contribution in [0.15, 0.2) is 18.2 Å². The van der Waals surface area contributed by atoms with Gasteiger partial charge in [0.2, 0.25) is 0 Å². The number of benzene rings is 1. The standard InChI is InChI=1S/C12H13NO2S/c1-8-5-10(6-13)3-4-11(8)7-16-9(2)12(14)15/h3-5,9H,7H2,1-2H3,(H,14,15). The lowest BCUT2D eigenvalue weighted by Gasteiger charge is -2.08. The Balaban J connectivity index is 2.69. The first-order chi connectivity index (χ1) is 7.54. The number of hydrogen-bond acceptors (Lipinski definition) is 3. The molecule has 1 N–H and O–H groups in total. The highest BCUT2D eigenvalue weighted by Crippen LogP contribution is 2.21. The number of carbonyl (C=O) groups is 1. The molecule has 0 spiro atoms. The zero-order valence-corrected chi connectivity index (χ0v) is 10.0. The maximum atomic E-state index is 10.6. The van der Waals surface area contributed by atoms with Crippen molar-refractivity contribution in [2.75, 3.05) is 0 Å². The average molecular weight is 235 g/mol. The van der Waals surface area contributed by atoms with Crippen LogP contribution < -0.4 is 0 Å². The van der Waals surface area contributed by atoms with Gasteiger partial charge in [0.25, 0.3) is 0 Å². The van der Waals surface area contributed by atoms with Crippen LogP contribution in [0.5, 0.6) is 0 Å². The molecule has 1 aromatic carbocycles. The fourth-order valence-corrected chi connectivity index (χ4v) is 2.11. The van der Waals surface area contributed by atoms with Gasteiger partial charge in [-0.2, -0.15) is 5.26 Å². The summed E-state index contributed by atoms with van der Waals surface area (Å²) in [6.45, 7) is 3.61. The molecule has 0 aliphatic heterocycles. The lowest BCUT2D eigenvalue weighted by molar-refractivity contribution is -0.136. The first kappa shape index (κ1) is 12.6. The van der Waals surface area contributed by atoms with E-state index in [-0.39, 0.29) is 0 Å². The molecule has 3 nitrogen and oxygen atoms in total. The highest BCUT2D eigenvalue weighted by Gasteiger charge is 2.11. The lowest BCUT2D eigenvalue weighted by Crippen LogP contribution is -2.11. The van der Waals surface area contributed by atoms with Gasteiger partial charge >= 0.3 is 5.97 Å². The van der Waals surface area contributed by atoms with Gasteiger partial charge in [0.05, 0.1) is 16.9 Å². The minimum Gasteiger partial charge on any atom is -0.480 e. The van der Waals surface area contributed by atoms with E-state index in [0.29, 0.717) is 11.3 Å². The molecule has 0 saturated carbocycles. The molecule has 0 bridgehead atoms. The summed E-state index contributed by atoms with van der Waals surface area (Å²) < 4.78 is 0. The van der Waals surface area contributed by atoms with Crippen LogP contribution >= 0.6 is 11.8 Å². The van der Waals surface area contributed by atoms with E-state index < -0.39 is 11.2 Å². The number of aryl methyl sites for hydroxylation is 1. The maximum Gasteiger partial charge on any atom is 0.316 e. The number of nitrogens with zero attached hydrogens (tertiary/aromatic N) is 1. The number of carboxylic acid groups (broad SMARTS) is 1. The van der Waals surface area contributed by atoms with Crippen LogP contribution in [0.2, 0.25) is 0 Å². The van der Waals surface area contributed by atoms with Crippen molar-refractivity contribution in [3.8, 4) is 6.07 Å². The predicted octanol–water partition coefficient (Wildman–Crippen LogP) is 2.57. The molecular weight excluding hydrogens is 222 g/mol. The fourth-order valence-electron chi connectivity index (χ4n) is 1.21. The van der Waals surface area contributed by atoms with Gasteiger partial charge in [-0.05, 0) is 37.1 Å². The molecular formula is C12H13NO2S. The molecule has 4 heteroatoms. The Hall–Kier alpha value is -1.47. The molecule has 1 unspecified atom stereocenters. The summed E-state index contributed by atoms with van der Waals surface area (Å²) in [6, 6.07) is 7.54. The summed E-state index contributed by atoms with van der Waals surface area (Å²) in [4.78, 5) is 10.6. The quantitative estimate of drug-likeness (QED) is 0.871. The molecule has 0 fully saturated rings. The van der Waals surface area contributed by atoms with E-state index in [1.807, 2.05) is 19.1 Å². The Labute approximate surface area is 99.1 Å². The second-order valence-electron chi connectivity index (χ2n) is 3.54. The average Bonchev–Trinajstić information content (AvgIpc) is 2.26. The highest BCUT2D eigenvalue weighted by atomic mass is 32.2. The summed E-state index contributed by atoms with van der Waals surface area (Å²) in [6.07, 6.45) is 0. The van der Waals surface area contributed by atoms with E-state index in [2.05, 4.69) is 6.07 Å². The first-order valence-corrected chi connectivity index (χ1v) is 5.93. The molecule has 1 atom stereocenters. The Morgan fingerprint density at radius 3 is 2.81 bits per heavy atom. The minimum atomic E-state index is -0.795. The van der Waals surface area contributed by atoms with Crippen molar-refractivity contribution in [3.05, 3.63) is 34.9 Å². The second-order valence-corrected chi connectivity index (χ2v) is 4.87. The number of carboxylic acids is 1. The largest absolute Gasteiger partial charge is 0.480 e. The Bertz CT molecular complexity index is 437. The van der Waals surface area contributed by atoms with Crippen molar-refractivity contribution < 1.29 is 9.90 Å². The number of hydrogen-bond donors (Lipinski definition) is 1. The van der Waals surface area contributed by atoms with Crippen LogP contribution in [-0.4, -0.2) is 16.3 Å². The SMILES string of the molecule is Cc1cc(C#N)ccc1CSC(C)C(=O)O. The monoisotopic (exact) mass is 235 g/mol.